The lowest BCUT2D eigenvalue weighted by Gasteiger charge is -2.28. The summed E-state index contributed by atoms with van der Waals surface area (Å²) < 4.78 is 12.0. The maximum Gasteiger partial charge on any atom is 0.238 e. The Hall–Kier alpha value is -1.49. The Labute approximate surface area is 159 Å². The molecule has 2 rings (SSSR count). The Morgan fingerprint density at radius 3 is 2.36 bits per heavy atom. The van der Waals surface area contributed by atoms with Crippen molar-refractivity contribution in [3.63, 3.8) is 0 Å². The average molecular weight is 398 g/mol. The van der Waals surface area contributed by atoms with Gasteiger partial charge in [-0.1, -0.05) is 35.3 Å². The Kier molecular flexibility index (Phi) is 6.20. The molecule has 0 saturated carbocycles. The summed E-state index contributed by atoms with van der Waals surface area (Å²) in [6, 6.07) is 14.1. The monoisotopic (exact) mass is 397 g/mol. The number of carbonyl (C=O) groups is 1. The summed E-state index contributed by atoms with van der Waals surface area (Å²) in [5.74, 6) is 3.55. The molecule has 0 fully saturated rings. The zero-order chi connectivity index (χ0) is 18.7. The summed E-state index contributed by atoms with van der Waals surface area (Å²) >= 11 is 11.8. The van der Waals surface area contributed by atoms with Crippen LogP contribution in [0.4, 0.5) is 0 Å². The molecular weight excluding hydrogens is 377 g/mol. The fraction of sp³-hybridized carbons (Fsp3) is 0.263. The quantitative estimate of drug-likeness (QED) is 0.742. The summed E-state index contributed by atoms with van der Waals surface area (Å²) in [6.07, 6.45) is 0.641. The Balaban J connectivity index is 2.07. The fourth-order valence-corrected chi connectivity index (χ4v) is 4.20. The van der Waals surface area contributed by atoms with Crippen LogP contribution in [0.3, 0.4) is 0 Å². The summed E-state index contributed by atoms with van der Waals surface area (Å²) in [4.78, 5) is 13.1. The third kappa shape index (κ3) is 4.57. The van der Waals surface area contributed by atoms with Gasteiger partial charge < -0.3 is 5.32 Å². The van der Waals surface area contributed by atoms with E-state index in [9.17, 15) is 9.00 Å². The standard InChI is InChI=1S/C19H21Cl2NO2S/c1-19(2,25(3,24)17-9-7-15(20)8-10-17)18(23)22-12-11-14-5-4-6-16(21)13-14/h4-10,13H,3,11-12H2,1-2H3,(H,22,23). The topological polar surface area (TPSA) is 46.2 Å². The van der Waals surface area contributed by atoms with E-state index in [4.69, 9.17) is 23.2 Å². The first kappa shape index (κ1) is 19.8. The second-order valence-electron chi connectivity index (χ2n) is 6.28. The molecule has 1 amide bonds. The molecule has 1 unspecified atom stereocenters. The summed E-state index contributed by atoms with van der Waals surface area (Å²) in [5, 5.41) is 4.05. The van der Waals surface area contributed by atoms with E-state index in [2.05, 4.69) is 11.2 Å². The molecule has 0 saturated heterocycles. The Bertz CT molecular complexity index is 859. The number of hydrogen-bond acceptors (Lipinski definition) is 2. The molecule has 3 nitrogen and oxygen atoms in total. The normalized spacial score (nSPS) is 13.9. The molecule has 0 heterocycles. The maximum atomic E-state index is 13.2. The van der Waals surface area contributed by atoms with Gasteiger partial charge in [-0.05, 0) is 68.1 Å². The van der Waals surface area contributed by atoms with Gasteiger partial charge >= 0.3 is 0 Å². The predicted octanol–water partition coefficient (Wildman–Crippen LogP) is 4.21. The van der Waals surface area contributed by atoms with Gasteiger partial charge in [-0.15, -0.1) is 0 Å². The van der Waals surface area contributed by atoms with E-state index in [0.717, 1.165) is 5.56 Å². The van der Waals surface area contributed by atoms with Gasteiger partial charge in [0, 0.05) is 31.0 Å². The first-order valence-electron chi connectivity index (χ1n) is 7.80. The minimum absolute atomic E-state index is 0.301. The van der Waals surface area contributed by atoms with Crippen molar-refractivity contribution in [1.29, 1.82) is 0 Å². The zero-order valence-corrected chi connectivity index (χ0v) is 16.5. The molecule has 25 heavy (non-hydrogen) atoms. The number of amides is 1. The van der Waals surface area contributed by atoms with Crippen LogP contribution in [0.1, 0.15) is 19.4 Å². The van der Waals surface area contributed by atoms with E-state index in [1.165, 1.54) is 0 Å². The van der Waals surface area contributed by atoms with Crippen LogP contribution in [0.25, 0.3) is 0 Å². The van der Waals surface area contributed by atoms with Crippen LogP contribution in [0, 0.1) is 0 Å². The highest BCUT2D eigenvalue weighted by Crippen LogP contribution is 2.26. The molecule has 0 aliphatic heterocycles. The number of halogens is 2. The highest BCUT2D eigenvalue weighted by molar-refractivity contribution is 8.02. The van der Waals surface area contributed by atoms with E-state index in [0.29, 0.717) is 27.9 Å². The summed E-state index contributed by atoms with van der Waals surface area (Å²) in [5.41, 5.74) is 1.03. The zero-order valence-electron chi connectivity index (χ0n) is 14.2. The smallest absolute Gasteiger partial charge is 0.238 e. The van der Waals surface area contributed by atoms with E-state index in [-0.39, 0.29) is 5.91 Å². The van der Waals surface area contributed by atoms with Crippen LogP contribution >= 0.6 is 23.2 Å². The summed E-state index contributed by atoms with van der Waals surface area (Å²) in [7, 11) is -2.85. The molecule has 0 bridgehead atoms. The summed E-state index contributed by atoms with van der Waals surface area (Å²) in [6.45, 7) is 3.72. The first-order chi connectivity index (χ1) is 11.6. The minimum atomic E-state index is -2.85. The van der Waals surface area contributed by atoms with E-state index < -0.39 is 14.3 Å². The maximum absolute atomic E-state index is 13.2. The third-order valence-corrected chi connectivity index (χ3v) is 7.51. The minimum Gasteiger partial charge on any atom is -0.355 e. The van der Waals surface area contributed by atoms with E-state index in [1.807, 2.05) is 18.2 Å². The number of carbonyl (C=O) groups excluding carboxylic acids is 1. The molecule has 0 radical (unpaired) electrons. The SMILES string of the molecule is C=S(=O)(c1ccc(Cl)cc1)C(C)(C)C(=O)NCCc1cccc(Cl)c1. The van der Waals surface area contributed by atoms with Crippen LogP contribution in [-0.4, -0.2) is 27.3 Å². The highest BCUT2D eigenvalue weighted by Gasteiger charge is 2.37. The van der Waals surface area contributed by atoms with Gasteiger partial charge in [-0.3, -0.25) is 9.00 Å². The molecule has 0 aliphatic rings. The van der Waals surface area contributed by atoms with E-state index >= 15 is 0 Å². The van der Waals surface area contributed by atoms with Crippen molar-refractivity contribution in [1.82, 2.24) is 5.32 Å². The van der Waals surface area contributed by atoms with Crippen LogP contribution < -0.4 is 5.32 Å². The molecule has 134 valence electrons. The lowest BCUT2D eigenvalue weighted by Crippen LogP contribution is -2.48. The number of hydrogen-bond donors (Lipinski definition) is 1. The number of nitrogens with one attached hydrogen (secondary N) is 1. The highest BCUT2D eigenvalue weighted by atomic mass is 35.5. The second-order valence-corrected chi connectivity index (χ2v) is 9.99. The molecule has 2 aromatic rings. The van der Waals surface area contributed by atoms with Crippen LogP contribution in [0.5, 0.6) is 0 Å². The third-order valence-electron chi connectivity index (χ3n) is 4.15. The van der Waals surface area contributed by atoms with Crippen molar-refractivity contribution in [3.8, 4) is 0 Å². The average Bonchev–Trinajstić information content (AvgIpc) is 2.55. The number of rotatable bonds is 6. The molecule has 1 atom stereocenters. The van der Waals surface area contributed by atoms with Gasteiger partial charge in [0.2, 0.25) is 5.91 Å². The molecule has 0 spiro atoms. The molecule has 6 heteroatoms. The Morgan fingerprint density at radius 2 is 1.76 bits per heavy atom. The van der Waals surface area contributed by atoms with Crippen molar-refractivity contribution < 1.29 is 9.00 Å². The van der Waals surface area contributed by atoms with Crippen molar-refractivity contribution >= 4 is 44.5 Å². The van der Waals surface area contributed by atoms with Crippen molar-refractivity contribution in [3.05, 3.63) is 64.1 Å². The lowest BCUT2D eigenvalue weighted by molar-refractivity contribution is -0.122. The number of benzene rings is 2. The van der Waals surface area contributed by atoms with Crippen molar-refractivity contribution in [2.45, 2.75) is 29.9 Å². The molecule has 0 aliphatic carbocycles. The van der Waals surface area contributed by atoms with Crippen molar-refractivity contribution in [2.75, 3.05) is 6.54 Å². The van der Waals surface area contributed by atoms with Crippen LogP contribution in [0.15, 0.2) is 53.4 Å². The second kappa shape index (κ2) is 7.81. The molecule has 2 aromatic carbocycles. The van der Waals surface area contributed by atoms with Crippen LogP contribution in [0.2, 0.25) is 10.0 Å². The van der Waals surface area contributed by atoms with Gasteiger partial charge in [0.05, 0.1) is 0 Å². The largest absolute Gasteiger partial charge is 0.355 e. The van der Waals surface area contributed by atoms with Gasteiger partial charge in [0.25, 0.3) is 0 Å². The predicted molar refractivity (Wildman–Crippen MR) is 107 cm³/mol. The fourth-order valence-electron chi connectivity index (χ4n) is 2.32. The van der Waals surface area contributed by atoms with Gasteiger partial charge in [-0.2, -0.15) is 0 Å². The van der Waals surface area contributed by atoms with Gasteiger partial charge in [0.15, 0.2) is 0 Å². The van der Waals surface area contributed by atoms with Gasteiger partial charge in [-0.25, -0.2) is 0 Å². The van der Waals surface area contributed by atoms with Gasteiger partial charge in [0.1, 0.15) is 4.75 Å². The lowest BCUT2D eigenvalue weighted by atomic mass is 10.1. The first-order valence-corrected chi connectivity index (χ1v) is 10.3. The van der Waals surface area contributed by atoms with Crippen LogP contribution in [-0.2, 0) is 20.7 Å². The Morgan fingerprint density at radius 1 is 1.12 bits per heavy atom. The van der Waals surface area contributed by atoms with E-state index in [1.54, 1.807) is 44.2 Å². The molecular formula is C19H21Cl2NO2S. The molecule has 0 aromatic heterocycles. The van der Waals surface area contributed by atoms with Crippen molar-refractivity contribution in [2.24, 2.45) is 0 Å². The molecule has 1 N–H and O–H groups in total.